The lowest BCUT2D eigenvalue weighted by atomic mass is 10.3. The minimum Gasteiger partial charge on any atom is -0.466 e. The predicted molar refractivity (Wildman–Crippen MR) is 69.3 cm³/mol. The molecule has 0 spiro atoms. The lowest BCUT2D eigenvalue weighted by molar-refractivity contribution is -0.146. The van der Waals surface area contributed by atoms with E-state index in [-0.39, 0.29) is 37.2 Å². The van der Waals surface area contributed by atoms with E-state index in [1.54, 1.807) is 18.9 Å². The van der Waals surface area contributed by atoms with Gasteiger partial charge in [-0.2, -0.15) is 0 Å². The second-order valence-corrected chi connectivity index (χ2v) is 4.64. The van der Waals surface area contributed by atoms with Gasteiger partial charge >= 0.3 is 5.97 Å². The zero-order valence-corrected chi connectivity index (χ0v) is 11.7. The van der Waals surface area contributed by atoms with Crippen LogP contribution >= 0.6 is 0 Å². The van der Waals surface area contributed by atoms with E-state index >= 15 is 0 Å². The topological polar surface area (TPSA) is 66.9 Å². The van der Waals surface area contributed by atoms with Crippen molar-refractivity contribution in [2.45, 2.75) is 32.6 Å². The summed E-state index contributed by atoms with van der Waals surface area (Å²) in [5, 5.41) is 0. The summed E-state index contributed by atoms with van der Waals surface area (Å²) in [5.74, 6) is -0.611. The Morgan fingerprint density at radius 2 is 1.79 bits per heavy atom. The molecule has 0 radical (unpaired) electrons. The first kappa shape index (κ1) is 15.5. The molecule has 0 bridgehead atoms. The number of amides is 2. The Labute approximate surface area is 113 Å². The molecule has 1 rings (SSSR count). The van der Waals surface area contributed by atoms with Crippen LogP contribution in [0.1, 0.15) is 32.6 Å². The zero-order valence-electron chi connectivity index (χ0n) is 11.7. The third-order valence-corrected chi connectivity index (χ3v) is 3.11. The lowest BCUT2D eigenvalue weighted by Crippen LogP contribution is -2.39. The quantitative estimate of drug-likeness (QED) is 0.656. The van der Waals surface area contributed by atoms with Crippen LogP contribution in [-0.4, -0.2) is 60.9 Å². The first-order valence-electron chi connectivity index (χ1n) is 6.72. The van der Waals surface area contributed by atoms with E-state index in [1.165, 1.54) is 4.90 Å². The zero-order chi connectivity index (χ0) is 14.3. The number of rotatable bonds is 6. The smallest absolute Gasteiger partial charge is 0.306 e. The van der Waals surface area contributed by atoms with Crippen molar-refractivity contribution in [2.75, 3.05) is 33.3 Å². The van der Waals surface area contributed by atoms with Crippen LogP contribution < -0.4 is 0 Å². The molecular formula is C13H22N2O4. The van der Waals surface area contributed by atoms with Crippen molar-refractivity contribution in [3.05, 3.63) is 0 Å². The highest BCUT2D eigenvalue weighted by atomic mass is 16.5. The largest absolute Gasteiger partial charge is 0.466 e. The fraction of sp³-hybridized carbons (Fsp3) is 0.769. The van der Waals surface area contributed by atoms with Gasteiger partial charge in [0, 0.05) is 26.6 Å². The highest BCUT2D eigenvalue weighted by Crippen LogP contribution is 2.08. The number of hydrogen-bond donors (Lipinski definition) is 0. The number of carbonyl (C=O) groups is 3. The number of carbonyl (C=O) groups excluding carboxylic acids is 3. The number of nitrogens with zero attached hydrogens (tertiary/aromatic N) is 2. The Kier molecular flexibility index (Phi) is 6.32. The van der Waals surface area contributed by atoms with Gasteiger partial charge < -0.3 is 14.5 Å². The second-order valence-electron chi connectivity index (χ2n) is 4.64. The maximum absolute atomic E-state index is 11.8. The molecule has 0 saturated carbocycles. The fourth-order valence-corrected chi connectivity index (χ4v) is 1.99. The number of likely N-dealkylation sites (tertiary alicyclic amines) is 1. The van der Waals surface area contributed by atoms with E-state index in [2.05, 4.69) is 0 Å². The number of likely N-dealkylation sites (N-methyl/N-ethyl adjacent to an activating group) is 1. The first-order chi connectivity index (χ1) is 9.04. The number of esters is 1. The van der Waals surface area contributed by atoms with Crippen molar-refractivity contribution in [2.24, 2.45) is 0 Å². The van der Waals surface area contributed by atoms with Gasteiger partial charge in [-0.15, -0.1) is 0 Å². The van der Waals surface area contributed by atoms with Crippen LogP contribution in [0.3, 0.4) is 0 Å². The molecule has 0 N–H and O–H groups in total. The van der Waals surface area contributed by atoms with E-state index in [1.807, 2.05) is 0 Å². The Hall–Kier alpha value is -1.59. The predicted octanol–water partition coefficient (Wildman–Crippen LogP) is 0.410. The average molecular weight is 270 g/mol. The molecule has 1 aliphatic rings. The van der Waals surface area contributed by atoms with Gasteiger partial charge in [-0.05, 0) is 19.8 Å². The standard InChI is InChI=1S/C13H22N2O4/c1-3-19-13(18)7-6-11(16)14(2)10-12(17)15-8-4-5-9-15/h3-10H2,1-2H3. The summed E-state index contributed by atoms with van der Waals surface area (Å²) >= 11 is 0. The molecule has 1 heterocycles. The summed E-state index contributed by atoms with van der Waals surface area (Å²) in [4.78, 5) is 37.9. The highest BCUT2D eigenvalue weighted by molar-refractivity contribution is 5.86. The van der Waals surface area contributed by atoms with Gasteiger partial charge in [0.05, 0.1) is 19.6 Å². The van der Waals surface area contributed by atoms with Crippen LogP contribution in [0, 0.1) is 0 Å². The lowest BCUT2D eigenvalue weighted by Gasteiger charge is -2.21. The molecule has 0 atom stereocenters. The maximum Gasteiger partial charge on any atom is 0.306 e. The Morgan fingerprint density at radius 3 is 2.37 bits per heavy atom. The fourth-order valence-electron chi connectivity index (χ4n) is 1.99. The van der Waals surface area contributed by atoms with E-state index in [4.69, 9.17) is 4.74 Å². The highest BCUT2D eigenvalue weighted by Gasteiger charge is 2.21. The summed E-state index contributed by atoms with van der Waals surface area (Å²) in [6.07, 6.45) is 2.22. The minimum absolute atomic E-state index is 0.0236. The molecule has 0 aliphatic carbocycles. The van der Waals surface area contributed by atoms with Crippen LogP contribution in [0.25, 0.3) is 0 Å². The summed E-state index contributed by atoms with van der Waals surface area (Å²) < 4.78 is 4.75. The van der Waals surface area contributed by atoms with Crippen molar-refractivity contribution in [3.63, 3.8) is 0 Å². The van der Waals surface area contributed by atoms with E-state index in [0.29, 0.717) is 6.61 Å². The molecule has 108 valence electrons. The second kappa shape index (κ2) is 7.76. The number of hydrogen-bond acceptors (Lipinski definition) is 4. The Morgan fingerprint density at radius 1 is 1.16 bits per heavy atom. The van der Waals surface area contributed by atoms with E-state index in [9.17, 15) is 14.4 Å². The SMILES string of the molecule is CCOC(=O)CCC(=O)N(C)CC(=O)N1CCCC1. The van der Waals surface area contributed by atoms with Crippen LogP contribution in [0.5, 0.6) is 0 Å². The molecule has 0 aromatic heterocycles. The molecule has 19 heavy (non-hydrogen) atoms. The third-order valence-electron chi connectivity index (χ3n) is 3.11. The molecule has 6 heteroatoms. The van der Waals surface area contributed by atoms with Crippen LogP contribution in [0.2, 0.25) is 0 Å². The number of ether oxygens (including phenoxy) is 1. The van der Waals surface area contributed by atoms with Gasteiger partial charge in [0.2, 0.25) is 11.8 Å². The van der Waals surface area contributed by atoms with Crippen molar-refractivity contribution < 1.29 is 19.1 Å². The summed E-state index contributed by atoms with van der Waals surface area (Å²) in [6, 6.07) is 0. The van der Waals surface area contributed by atoms with Gasteiger partial charge in [-0.25, -0.2) is 0 Å². The van der Waals surface area contributed by atoms with Gasteiger partial charge in [0.15, 0.2) is 0 Å². The van der Waals surface area contributed by atoms with Gasteiger partial charge in [-0.1, -0.05) is 0 Å². The van der Waals surface area contributed by atoms with Crippen LogP contribution in [0.4, 0.5) is 0 Å². The van der Waals surface area contributed by atoms with E-state index < -0.39 is 0 Å². The summed E-state index contributed by atoms with van der Waals surface area (Å²) in [6.45, 7) is 3.69. The molecular weight excluding hydrogens is 248 g/mol. The molecule has 0 aromatic carbocycles. The Bertz CT molecular complexity index is 338. The van der Waals surface area contributed by atoms with E-state index in [0.717, 1.165) is 25.9 Å². The van der Waals surface area contributed by atoms with Crippen LogP contribution in [-0.2, 0) is 19.1 Å². The van der Waals surface area contributed by atoms with Crippen LogP contribution in [0.15, 0.2) is 0 Å². The van der Waals surface area contributed by atoms with Gasteiger partial charge in [0.1, 0.15) is 0 Å². The maximum atomic E-state index is 11.8. The van der Waals surface area contributed by atoms with Gasteiger partial charge in [-0.3, -0.25) is 14.4 Å². The molecule has 2 amide bonds. The Balaban J connectivity index is 2.27. The first-order valence-corrected chi connectivity index (χ1v) is 6.72. The molecule has 0 aromatic rings. The average Bonchev–Trinajstić information content (AvgIpc) is 2.90. The van der Waals surface area contributed by atoms with Crippen molar-refractivity contribution >= 4 is 17.8 Å². The third kappa shape index (κ3) is 5.28. The van der Waals surface area contributed by atoms with Crippen molar-refractivity contribution in [3.8, 4) is 0 Å². The summed E-state index contributed by atoms with van der Waals surface area (Å²) in [7, 11) is 1.58. The van der Waals surface area contributed by atoms with Gasteiger partial charge in [0.25, 0.3) is 0 Å². The normalized spacial score (nSPS) is 14.3. The molecule has 6 nitrogen and oxygen atoms in total. The molecule has 1 fully saturated rings. The molecule has 1 aliphatic heterocycles. The monoisotopic (exact) mass is 270 g/mol. The van der Waals surface area contributed by atoms with Crippen molar-refractivity contribution in [1.29, 1.82) is 0 Å². The molecule has 0 unspecified atom stereocenters. The van der Waals surface area contributed by atoms with Crippen molar-refractivity contribution in [1.82, 2.24) is 9.80 Å². The summed E-state index contributed by atoms with van der Waals surface area (Å²) in [5.41, 5.74) is 0. The minimum atomic E-state index is -0.380. The molecule has 1 saturated heterocycles.